The Balaban J connectivity index is 1.91. The van der Waals surface area contributed by atoms with Gasteiger partial charge >= 0.3 is 0 Å². The zero-order valence-corrected chi connectivity index (χ0v) is 17.6. The molecule has 0 aliphatic carbocycles. The highest BCUT2D eigenvalue weighted by molar-refractivity contribution is 5.89. The number of H-pyrrole nitrogens is 1. The van der Waals surface area contributed by atoms with Gasteiger partial charge in [0, 0.05) is 6.07 Å². The van der Waals surface area contributed by atoms with E-state index in [-0.39, 0.29) is 29.1 Å². The van der Waals surface area contributed by atoms with Crippen LogP contribution in [-0.4, -0.2) is 40.3 Å². The van der Waals surface area contributed by atoms with Crippen LogP contribution in [0.15, 0.2) is 46.0 Å². The third-order valence-corrected chi connectivity index (χ3v) is 4.82. The summed E-state index contributed by atoms with van der Waals surface area (Å²) in [6.07, 6.45) is -0.122. The predicted molar refractivity (Wildman–Crippen MR) is 116 cm³/mol. The van der Waals surface area contributed by atoms with Crippen LogP contribution >= 0.6 is 0 Å². The molecule has 2 aromatic carbocycles. The van der Waals surface area contributed by atoms with Crippen LogP contribution in [0, 0.1) is 0 Å². The highest BCUT2D eigenvalue weighted by Gasteiger charge is 2.17. The molecule has 4 aromatic rings. The summed E-state index contributed by atoms with van der Waals surface area (Å²) >= 11 is 0. The second-order valence-corrected chi connectivity index (χ2v) is 7.29. The minimum atomic E-state index is -0.472. The molecule has 0 spiro atoms. The van der Waals surface area contributed by atoms with Crippen molar-refractivity contribution in [3.63, 3.8) is 0 Å². The molecule has 9 nitrogen and oxygen atoms in total. The summed E-state index contributed by atoms with van der Waals surface area (Å²) in [5, 5.41) is 8.33. The van der Waals surface area contributed by atoms with Crippen molar-refractivity contribution in [3.8, 4) is 17.2 Å². The molecular formula is C22H22N4O5. The molecule has 0 aliphatic rings. The third-order valence-electron chi connectivity index (χ3n) is 4.82. The second kappa shape index (κ2) is 8.10. The number of aromatic amines is 1. The zero-order valence-electron chi connectivity index (χ0n) is 17.6. The minimum Gasteiger partial charge on any atom is -0.497 e. The number of fused-ring (bicyclic) bond motifs is 2. The number of benzene rings is 2. The van der Waals surface area contributed by atoms with Gasteiger partial charge in [-0.2, -0.15) is 0 Å². The summed E-state index contributed by atoms with van der Waals surface area (Å²) in [5.74, 6) is 1.55. The second-order valence-electron chi connectivity index (χ2n) is 7.29. The SMILES string of the molecule is COc1ccc(Cn2nnc3c(=O)c4cc(OC(C)C)c(OC)cc4[nH]c(=O)c32)cc1. The van der Waals surface area contributed by atoms with E-state index in [9.17, 15) is 9.59 Å². The average molecular weight is 422 g/mol. The van der Waals surface area contributed by atoms with E-state index in [1.165, 1.54) is 11.8 Å². The Kier molecular flexibility index (Phi) is 5.33. The lowest BCUT2D eigenvalue weighted by atomic mass is 10.2. The molecule has 2 heterocycles. The molecule has 0 fully saturated rings. The number of hydrogen-bond donors (Lipinski definition) is 1. The highest BCUT2D eigenvalue weighted by Crippen LogP contribution is 2.31. The molecule has 0 aliphatic heterocycles. The maximum absolute atomic E-state index is 13.2. The van der Waals surface area contributed by atoms with E-state index in [0.717, 1.165) is 11.3 Å². The first-order valence-corrected chi connectivity index (χ1v) is 9.72. The molecule has 1 N–H and O–H groups in total. The van der Waals surface area contributed by atoms with Gasteiger partial charge in [-0.3, -0.25) is 9.59 Å². The molecule has 0 atom stereocenters. The van der Waals surface area contributed by atoms with Gasteiger partial charge in [-0.05, 0) is 37.6 Å². The fraction of sp³-hybridized carbons (Fsp3) is 0.273. The van der Waals surface area contributed by atoms with E-state index in [1.807, 2.05) is 38.1 Å². The van der Waals surface area contributed by atoms with Crippen LogP contribution in [0.25, 0.3) is 21.9 Å². The Morgan fingerprint density at radius 1 is 1.03 bits per heavy atom. The number of nitrogens with zero attached hydrogens (tertiary/aromatic N) is 3. The van der Waals surface area contributed by atoms with Gasteiger partial charge in [-0.15, -0.1) is 5.10 Å². The van der Waals surface area contributed by atoms with Crippen molar-refractivity contribution in [2.45, 2.75) is 26.5 Å². The van der Waals surface area contributed by atoms with Gasteiger partial charge in [0.1, 0.15) is 5.75 Å². The van der Waals surface area contributed by atoms with Crippen molar-refractivity contribution in [2.75, 3.05) is 14.2 Å². The maximum Gasteiger partial charge on any atom is 0.276 e. The number of rotatable bonds is 6. The molecule has 0 radical (unpaired) electrons. The topological polar surface area (TPSA) is 108 Å². The van der Waals surface area contributed by atoms with Gasteiger partial charge in [0.05, 0.1) is 37.8 Å². The summed E-state index contributed by atoms with van der Waals surface area (Å²) < 4.78 is 17.7. The summed E-state index contributed by atoms with van der Waals surface area (Å²) in [7, 11) is 3.09. The first kappa shape index (κ1) is 20.4. The van der Waals surface area contributed by atoms with Gasteiger partial charge < -0.3 is 19.2 Å². The van der Waals surface area contributed by atoms with E-state index in [4.69, 9.17) is 14.2 Å². The summed E-state index contributed by atoms with van der Waals surface area (Å²) in [4.78, 5) is 29.0. The third kappa shape index (κ3) is 3.81. The molecule has 0 saturated heterocycles. The molecule has 31 heavy (non-hydrogen) atoms. The molecule has 160 valence electrons. The summed E-state index contributed by atoms with van der Waals surface area (Å²) in [6.45, 7) is 4.02. The quantitative estimate of drug-likeness (QED) is 0.508. The van der Waals surface area contributed by atoms with Crippen LogP contribution in [0.3, 0.4) is 0 Å². The summed E-state index contributed by atoms with van der Waals surface area (Å²) in [6, 6.07) is 10.5. The van der Waals surface area contributed by atoms with Crippen LogP contribution in [-0.2, 0) is 6.54 Å². The van der Waals surface area contributed by atoms with Crippen LogP contribution in [0.4, 0.5) is 0 Å². The standard InChI is InChI=1S/C22H22N4O5/c1-12(2)31-18-9-15-16(10-17(18)30-4)23-22(28)20-19(21(15)27)24-25-26(20)11-13-5-7-14(29-3)8-6-13/h5-10,12H,11H2,1-4H3,(H,23,28). The molecular weight excluding hydrogens is 400 g/mol. The van der Waals surface area contributed by atoms with Gasteiger partial charge in [-0.1, -0.05) is 17.3 Å². The number of methoxy groups -OCH3 is 2. The number of ether oxygens (including phenoxy) is 3. The van der Waals surface area contributed by atoms with Crippen molar-refractivity contribution >= 4 is 21.9 Å². The maximum atomic E-state index is 13.2. The molecule has 0 unspecified atom stereocenters. The van der Waals surface area contributed by atoms with E-state index in [0.29, 0.717) is 17.0 Å². The van der Waals surface area contributed by atoms with E-state index in [2.05, 4.69) is 15.3 Å². The van der Waals surface area contributed by atoms with Crippen molar-refractivity contribution < 1.29 is 14.2 Å². The van der Waals surface area contributed by atoms with Crippen LogP contribution in [0.1, 0.15) is 19.4 Å². The number of aromatic nitrogens is 4. The molecule has 9 heteroatoms. The Morgan fingerprint density at radius 3 is 2.42 bits per heavy atom. The zero-order chi connectivity index (χ0) is 22.1. The average Bonchev–Trinajstić information content (AvgIpc) is 3.13. The van der Waals surface area contributed by atoms with Gasteiger partial charge in [-0.25, -0.2) is 4.68 Å². The Morgan fingerprint density at radius 2 is 1.77 bits per heavy atom. The van der Waals surface area contributed by atoms with E-state index < -0.39 is 11.0 Å². The van der Waals surface area contributed by atoms with Crippen molar-refractivity contribution in [1.29, 1.82) is 0 Å². The number of hydrogen-bond acceptors (Lipinski definition) is 7. The Hall–Kier alpha value is -3.88. The Labute approximate surface area is 177 Å². The first-order chi connectivity index (χ1) is 14.9. The van der Waals surface area contributed by atoms with Crippen molar-refractivity contribution in [3.05, 3.63) is 62.5 Å². The van der Waals surface area contributed by atoms with Gasteiger partial charge in [0.2, 0.25) is 5.43 Å². The normalized spacial score (nSPS) is 11.3. The van der Waals surface area contributed by atoms with Crippen LogP contribution < -0.4 is 25.2 Å². The fourth-order valence-electron chi connectivity index (χ4n) is 3.37. The molecule has 0 saturated carbocycles. The largest absolute Gasteiger partial charge is 0.497 e. The summed E-state index contributed by atoms with van der Waals surface area (Å²) in [5.41, 5.74) is 0.412. The lowest BCUT2D eigenvalue weighted by Crippen LogP contribution is -2.11. The van der Waals surface area contributed by atoms with Crippen molar-refractivity contribution in [1.82, 2.24) is 20.0 Å². The lowest BCUT2D eigenvalue weighted by molar-refractivity contribution is 0.230. The highest BCUT2D eigenvalue weighted by atomic mass is 16.5. The number of nitrogens with one attached hydrogen (secondary N) is 1. The molecule has 0 amide bonds. The lowest BCUT2D eigenvalue weighted by Gasteiger charge is -2.13. The molecule has 2 aromatic heterocycles. The van der Waals surface area contributed by atoms with Gasteiger partial charge in [0.15, 0.2) is 22.5 Å². The predicted octanol–water partition coefficient (Wildman–Crippen LogP) is 2.49. The molecule has 4 rings (SSSR count). The van der Waals surface area contributed by atoms with Gasteiger partial charge in [0.25, 0.3) is 5.56 Å². The Bertz CT molecular complexity index is 1370. The van der Waals surface area contributed by atoms with Crippen LogP contribution in [0.2, 0.25) is 0 Å². The first-order valence-electron chi connectivity index (χ1n) is 9.72. The van der Waals surface area contributed by atoms with Crippen molar-refractivity contribution in [2.24, 2.45) is 0 Å². The molecule has 0 bridgehead atoms. The van der Waals surface area contributed by atoms with E-state index in [1.54, 1.807) is 19.2 Å². The van der Waals surface area contributed by atoms with E-state index >= 15 is 0 Å². The minimum absolute atomic E-state index is 0.00887. The smallest absolute Gasteiger partial charge is 0.276 e. The monoisotopic (exact) mass is 422 g/mol. The fourth-order valence-corrected chi connectivity index (χ4v) is 3.37. The van der Waals surface area contributed by atoms with Crippen LogP contribution in [0.5, 0.6) is 17.2 Å².